The molecule has 9 nitrogen and oxygen atoms in total. The number of ether oxygens (including phenoxy) is 4. The normalized spacial score (nSPS) is 15.2. The Balaban J connectivity index is 1.61. The van der Waals surface area contributed by atoms with Crippen LogP contribution in [0.2, 0.25) is 0 Å². The number of likely N-dealkylation sites (tertiary alicyclic amines) is 1. The van der Waals surface area contributed by atoms with Crippen LogP contribution in [0.3, 0.4) is 0 Å². The molecular formula is C26H31N3O6. The summed E-state index contributed by atoms with van der Waals surface area (Å²) in [5, 5.41) is 4.14. The van der Waals surface area contributed by atoms with Crippen LogP contribution in [0.1, 0.15) is 55.9 Å². The monoisotopic (exact) mass is 481 g/mol. The van der Waals surface area contributed by atoms with Crippen molar-refractivity contribution in [2.24, 2.45) is 0 Å². The average molecular weight is 482 g/mol. The van der Waals surface area contributed by atoms with E-state index in [1.807, 2.05) is 45.0 Å². The first-order valence-corrected chi connectivity index (χ1v) is 11.9. The number of hydrogen-bond donors (Lipinski definition) is 0. The first-order chi connectivity index (χ1) is 17.1. The lowest BCUT2D eigenvalue weighted by Gasteiger charge is -2.23. The van der Waals surface area contributed by atoms with Crippen LogP contribution >= 0.6 is 0 Å². The van der Waals surface area contributed by atoms with Crippen LogP contribution in [-0.4, -0.2) is 54.4 Å². The van der Waals surface area contributed by atoms with Gasteiger partial charge in [0.05, 0.1) is 26.9 Å². The minimum absolute atomic E-state index is 0.151. The standard InChI is InChI=1S/C26H31N3O6/c1-5-32-21-15-18(16-22(33-6-2)23(21)34-7-3)26(30)29-14-8-9-20(29)25-27-24(28-35-25)17-10-12-19(31-4)13-11-17/h10-13,15-16,20H,5-9,14H2,1-4H3. The molecule has 1 aromatic heterocycles. The van der Waals surface area contributed by atoms with Crippen molar-refractivity contribution in [2.45, 2.75) is 39.7 Å². The van der Waals surface area contributed by atoms with E-state index in [4.69, 9.17) is 23.5 Å². The Morgan fingerprint density at radius 2 is 1.69 bits per heavy atom. The number of carbonyl (C=O) groups is 1. The van der Waals surface area contributed by atoms with Crippen LogP contribution < -0.4 is 18.9 Å². The molecule has 1 aliphatic heterocycles. The zero-order valence-electron chi connectivity index (χ0n) is 20.6. The number of nitrogens with zero attached hydrogens (tertiary/aromatic N) is 3. The lowest BCUT2D eigenvalue weighted by atomic mass is 10.1. The first kappa shape index (κ1) is 24.4. The molecule has 1 saturated heterocycles. The molecule has 0 bridgehead atoms. The van der Waals surface area contributed by atoms with Gasteiger partial charge in [-0.2, -0.15) is 4.98 Å². The second kappa shape index (κ2) is 11.1. The molecule has 0 spiro atoms. The van der Waals surface area contributed by atoms with Gasteiger partial charge in [0.15, 0.2) is 11.5 Å². The second-order valence-corrected chi connectivity index (χ2v) is 7.94. The van der Waals surface area contributed by atoms with Crippen molar-refractivity contribution in [3.8, 4) is 34.4 Å². The van der Waals surface area contributed by atoms with Gasteiger partial charge in [-0.3, -0.25) is 4.79 Å². The summed E-state index contributed by atoms with van der Waals surface area (Å²) in [4.78, 5) is 20.0. The minimum atomic E-state index is -0.306. The summed E-state index contributed by atoms with van der Waals surface area (Å²) >= 11 is 0. The highest BCUT2D eigenvalue weighted by Gasteiger charge is 2.35. The number of aromatic nitrogens is 2. The molecule has 2 aromatic carbocycles. The van der Waals surface area contributed by atoms with Crippen molar-refractivity contribution in [1.82, 2.24) is 15.0 Å². The van der Waals surface area contributed by atoms with E-state index < -0.39 is 0 Å². The van der Waals surface area contributed by atoms with Crippen molar-refractivity contribution < 1.29 is 28.3 Å². The van der Waals surface area contributed by atoms with Gasteiger partial charge in [0.1, 0.15) is 11.8 Å². The molecule has 0 radical (unpaired) electrons. The predicted octanol–water partition coefficient (Wildman–Crippen LogP) is 4.92. The Morgan fingerprint density at radius 3 is 2.29 bits per heavy atom. The Bertz CT molecular complexity index is 1120. The van der Waals surface area contributed by atoms with Crippen LogP contribution in [0.5, 0.6) is 23.0 Å². The highest BCUT2D eigenvalue weighted by molar-refractivity contribution is 5.96. The lowest BCUT2D eigenvalue weighted by Crippen LogP contribution is -2.30. The number of carbonyl (C=O) groups excluding carboxylic acids is 1. The van der Waals surface area contributed by atoms with E-state index in [0.29, 0.717) is 60.9 Å². The van der Waals surface area contributed by atoms with Crippen LogP contribution in [0.25, 0.3) is 11.4 Å². The van der Waals surface area contributed by atoms with Gasteiger partial charge in [-0.15, -0.1) is 0 Å². The summed E-state index contributed by atoms with van der Waals surface area (Å²) in [7, 11) is 1.62. The smallest absolute Gasteiger partial charge is 0.254 e. The van der Waals surface area contributed by atoms with Gasteiger partial charge in [-0.25, -0.2) is 0 Å². The van der Waals surface area contributed by atoms with Gasteiger partial charge >= 0.3 is 0 Å². The zero-order valence-corrected chi connectivity index (χ0v) is 20.6. The van der Waals surface area contributed by atoms with E-state index in [1.165, 1.54) is 0 Å². The molecule has 0 saturated carbocycles. The van der Waals surface area contributed by atoms with Crippen molar-refractivity contribution in [3.63, 3.8) is 0 Å². The number of hydrogen-bond acceptors (Lipinski definition) is 8. The van der Waals surface area contributed by atoms with E-state index in [9.17, 15) is 4.79 Å². The Morgan fingerprint density at radius 1 is 1.03 bits per heavy atom. The van der Waals surface area contributed by atoms with Crippen molar-refractivity contribution in [3.05, 3.63) is 47.9 Å². The average Bonchev–Trinajstić information content (AvgIpc) is 3.56. The third kappa shape index (κ3) is 5.18. The highest BCUT2D eigenvalue weighted by atomic mass is 16.5. The Hall–Kier alpha value is -3.75. The third-order valence-electron chi connectivity index (χ3n) is 5.74. The van der Waals surface area contributed by atoms with Crippen LogP contribution in [0.4, 0.5) is 0 Å². The fourth-order valence-corrected chi connectivity index (χ4v) is 4.17. The van der Waals surface area contributed by atoms with Gasteiger partial charge in [0, 0.05) is 17.7 Å². The van der Waals surface area contributed by atoms with E-state index in [2.05, 4.69) is 10.1 Å². The lowest BCUT2D eigenvalue weighted by molar-refractivity contribution is 0.0709. The van der Waals surface area contributed by atoms with Crippen LogP contribution in [0, 0.1) is 0 Å². The fourth-order valence-electron chi connectivity index (χ4n) is 4.17. The summed E-state index contributed by atoms with van der Waals surface area (Å²) in [6.45, 7) is 7.58. The first-order valence-electron chi connectivity index (χ1n) is 11.9. The molecule has 4 rings (SSSR count). The SMILES string of the molecule is CCOc1cc(C(=O)N2CCCC2c2nc(-c3ccc(OC)cc3)no2)cc(OCC)c1OCC. The van der Waals surface area contributed by atoms with Crippen molar-refractivity contribution >= 4 is 5.91 Å². The summed E-state index contributed by atoms with van der Waals surface area (Å²) in [6, 6.07) is 10.5. The highest BCUT2D eigenvalue weighted by Crippen LogP contribution is 2.41. The van der Waals surface area contributed by atoms with E-state index in [0.717, 1.165) is 24.2 Å². The molecule has 1 amide bonds. The predicted molar refractivity (Wildman–Crippen MR) is 129 cm³/mol. The number of benzene rings is 2. The molecule has 1 atom stereocenters. The molecule has 1 aliphatic rings. The van der Waals surface area contributed by atoms with Crippen molar-refractivity contribution in [2.75, 3.05) is 33.5 Å². The van der Waals surface area contributed by atoms with Gasteiger partial charge in [0.25, 0.3) is 5.91 Å². The molecule has 1 unspecified atom stereocenters. The van der Waals surface area contributed by atoms with Gasteiger partial charge < -0.3 is 28.4 Å². The molecule has 2 heterocycles. The van der Waals surface area contributed by atoms with Gasteiger partial charge in [-0.05, 0) is 70.0 Å². The van der Waals surface area contributed by atoms with Crippen molar-refractivity contribution in [1.29, 1.82) is 0 Å². The fraction of sp³-hybridized carbons (Fsp3) is 0.423. The maximum Gasteiger partial charge on any atom is 0.254 e. The summed E-state index contributed by atoms with van der Waals surface area (Å²) in [5.41, 5.74) is 1.27. The van der Waals surface area contributed by atoms with Crippen LogP contribution in [-0.2, 0) is 0 Å². The number of methoxy groups -OCH3 is 1. The molecular weight excluding hydrogens is 450 g/mol. The quantitative estimate of drug-likeness (QED) is 0.403. The number of amides is 1. The topological polar surface area (TPSA) is 96.2 Å². The molecule has 0 N–H and O–H groups in total. The molecule has 9 heteroatoms. The minimum Gasteiger partial charge on any atom is -0.497 e. The Kier molecular flexibility index (Phi) is 7.74. The molecule has 186 valence electrons. The third-order valence-corrected chi connectivity index (χ3v) is 5.74. The van der Waals surface area contributed by atoms with E-state index in [-0.39, 0.29) is 11.9 Å². The van der Waals surface area contributed by atoms with E-state index >= 15 is 0 Å². The zero-order chi connectivity index (χ0) is 24.8. The molecule has 3 aromatic rings. The maximum atomic E-state index is 13.6. The van der Waals surface area contributed by atoms with Gasteiger partial charge in [-0.1, -0.05) is 5.16 Å². The summed E-state index contributed by atoms with van der Waals surface area (Å²) in [5.74, 6) is 2.97. The molecule has 1 fully saturated rings. The summed E-state index contributed by atoms with van der Waals surface area (Å²) in [6.07, 6.45) is 1.58. The largest absolute Gasteiger partial charge is 0.497 e. The molecule has 35 heavy (non-hydrogen) atoms. The maximum absolute atomic E-state index is 13.6. The van der Waals surface area contributed by atoms with Gasteiger partial charge in [0.2, 0.25) is 17.5 Å². The van der Waals surface area contributed by atoms with Crippen LogP contribution in [0.15, 0.2) is 40.9 Å². The number of rotatable bonds is 10. The van der Waals surface area contributed by atoms with E-state index in [1.54, 1.807) is 24.1 Å². The molecule has 0 aliphatic carbocycles. The Labute approximate surface area is 204 Å². The summed E-state index contributed by atoms with van der Waals surface area (Å²) < 4.78 is 28.1. The second-order valence-electron chi connectivity index (χ2n) is 7.94.